The highest BCUT2D eigenvalue weighted by Gasteiger charge is 2.28. The first-order valence-corrected chi connectivity index (χ1v) is 6.13. The van der Waals surface area contributed by atoms with E-state index in [2.05, 4.69) is 13.8 Å². The number of hydrogen-bond donors (Lipinski definition) is 0. The molecule has 1 heterocycles. The van der Waals surface area contributed by atoms with E-state index in [1.165, 1.54) is 6.07 Å². The van der Waals surface area contributed by atoms with E-state index in [0.29, 0.717) is 13.1 Å². The number of benzene rings is 1. The lowest BCUT2D eigenvalue weighted by atomic mass is 9.82. The van der Waals surface area contributed by atoms with Crippen molar-refractivity contribution < 1.29 is 13.6 Å². The van der Waals surface area contributed by atoms with E-state index in [4.69, 9.17) is 0 Å². The van der Waals surface area contributed by atoms with Gasteiger partial charge in [0, 0.05) is 18.7 Å². The lowest BCUT2D eigenvalue weighted by molar-refractivity contribution is 0.0629. The number of hydrogen-bond acceptors (Lipinski definition) is 1. The monoisotopic (exact) mass is 253 g/mol. The van der Waals surface area contributed by atoms with E-state index >= 15 is 0 Å². The fourth-order valence-electron chi connectivity index (χ4n) is 2.13. The van der Waals surface area contributed by atoms with Crippen LogP contribution >= 0.6 is 0 Å². The highest BCUT2D eigenvalue weighted by Crippen LogP contribution is 2.30. The van der Waals surface area contributed by atoms with Crippen LogP contribution in [0.25, 0.3) is 0 Å². The minimum atomic E-state index is -0.974. The summed E-state index contributed by atoms with van der Waals surface area (Å²) in [6.45, 7) is 5.69. The number of rotatable bonds is 1. The molecule has 0 radical (unpaired) electrons. The van der Waals surface area contributed by atoms with Crippen molar-refractivity contribution in [3.63, 3.8) is 0 Å². The number of halogens is 2. The summed E-state index contributed by atoms with van der Waals surface area (Å²) in [6.07, 6.45) is 1.87. The molecule has 0 aromatic heterocycles. The second-order valence-corrected chi connectivity index (χ2v) is 5.59. The van der Waals surface area contributed by atoms with Crippen LogP contribution in [0.4, 0.5) is 8.78 Å². The molecule has 1 aromatic carbocycles. The number of nitrogens with zero attached hydrogens (tertiary/aromatic N) is 1. The molecule has 4 heteroatoms. The van der Waals surface area contributed by atoms with Gasteiger partial charge in [0.1, 0.15) is 0 Å². The molecule has 1 saturated heterocycles. The molecule has 1 fully saturated rings. The topological polar surface area (TPSA) is 20.3 Å². The predicted octanol–water partition coefficient (Wildman–Crippen LogP) is 3.23. The Hall–Kier alpha value is -1.45. The van der Waals surface area contributed by atoms with Gasteiger partial charge in [0.25, 0.3) is 5.91 Å². The quantitative estimate of drug-likeness (QED) is 0.752. The Kier molecular flexibility index (Phi) is 3.37. The van der Waals surface area contributed by atoms with Crippen LogP contribution in [0, 0.1) is 17.0 Å². The first kappa shape index (κ1) is 13.0. The van der Waals surface area contributed by atoms with Crippen LogP contribution in [0.15, 0.2) is 18.2 Å². The summed E-state index contributed by atoms with van der Waals surface area (Å²) in [4.78, 5) is 13.8. The summed E-state index contributed by atoms with van der Waals surface area (Å²) in [5.74, 6) is -2.12. The Morgan fingerprint density at radius 2 is 1.78 bits per heavy atom. The zero-order valence-electron chi connectivity index (χ0n) is 10.7. The maximum atomic E-state index is 13.1. The number of piperidine rings is 1. The molecule has 0 spiro atoms. The Morgan fingerprint density at radius 1 is 1.17 bits per heavy atom. The van der Waals surface area contributed by atoms with E-state index in [1.54, 1.807) is 4.90 Å². The predicted molar refractivity (Wildman–Crippen MR) is 65.3 cm³/mol. The van der Waals surface area contributed by atoms with E-state index in [9.17, 15) is 13.6 Å². The van der Waals surface area contributed by atoms with Crippen molar-refractivity contribution >= 4 is 5.91 Å². The molecule has 1 aromatic rings. The summed E-state index contributed by atoms with van der Waals surface area (Å²) in [6, 6.07) is 3.30. The van der Waals surface area contributed by atoms with Gasteiger partial charge in [-0.2, -0.15) is 0 Å². The minimum Gasteiger partial charge on any atom is -0.339 e. The van der Waals surface area contributed by atoms with E-state index in [0.717, 1.165) is 25.0 Å². The number of carbonyl (C=O) groups is 1. The Labute approximate surface area is 106 Å². The number of carbonyl (C=O) groups excluding carboxylic acids is 1. The average Bonchev–Trinajstić information content (AvgIpc) is 2.32. The van der Waals surface area contributed by atoms with Crippen LogP contribution in [-0.2, 0) is 0 Å². The summed E-state index contributed by atoms with van der Waals surface area (Å²) < 4.78 is 25.9. The molecule has 0 atom stereocenters. The van der Waals surface area contributed by atoms with Crippen molar-refractivity contribution in [1.29, 1.82) is 0 Å². The fraction of sp³-hybridized carbons (Fsp3) is 0.500. The van der Waals surface area contributed by atoms with Crippen molar-refractivity contribution in [2.75, 3.05) is 13.1 Å². The molecule has 0 aliphatic carbocycles. The smallest absolute Gasteiger partial charge is 0.253 e. The highest BCUT2D eigenvalue weighted by molar-refractivity contribution is 5.94. The van der Waals surface area contributed by atoms with Crippen molar-refractivity contribution in [3.05, 3.63) is 35.4 Å². The molecule has 2 rings (SSSR count). The Bertz CT molecular complexity index is 461. The lowest BCUT2D eigenvalue weighted by Gasteiger charge is -2.36. The zero-order chi connectivity index (χ0) is 13.3. The second kappa shape index (κ2) is 4.67. The molecule has 1 amide bonds. The molecule has 18 heavy (non-hydrogen) atoms. The SMILES string of the molecule is CC1(C)CCN(C(=O)c2ccc(F)c(F)c2)CC1. The van der Waals surface area contributed by atoms with Gasteiger partial charge < -0.3 is 4.90 Å². The molecule has 0 saturated carbocycles. The van der Waals surface area contributed by atoms with E-state index in [1.807, 2.05) is 0 Å². The third kappa shape index (κ3) is 2.68. The van der Waals surface area contributed by atoms with Crippen molar-refractivity contribution in [1.82, 2.24) is 4.90 Å². The molecule has 0 unspecified atom stereocenters. The van der Waals surface area contributed by atoms with Crippen molar-refractivity contribution in [3.8, 4) is 0 Å². The van der Waals surface area contributed by atoms with Gasteiger partial charge in [-0.25, -0.2) is 8.78 Å². The third-order valence-electron chi connectivity index (χ3n) is 3.57. The molecule has 1 aliphatic heterocycles. The lowest BCUT2D eigenvalue weighted by Crippen LogP contribution is -2.41. The maximum absolute atomic E-state index is 13.1. The summed E-state index contributed by atoms with van der Waals surface area (Å²) in [5, 5.41) is 0. The largest absolute Gasteiger partial charge is 0.339 e. The van der Waals surface area contributed by atoms with Crippen molar-refractivity contribution in [2.45, 2.75) is 26.7 Å². The minimum absolute atomic E-state index is 0.216. The molecule has 2 nitrogen and oxygen atoms in total. The van der Waals surface area contributed by atoms with Crippen molar-refractivity contribution in [2.24, 2.45) is 5.41 Å². The van der Waals surface area contributed by atoms with Gasteiger partial charge in [0.2, 0.25) is 0 Å². The van der Waals surface area contributed by atoms with Crippen LogP contribution in [0.2, 0.25) is 0 Å². The highest BCUT2D eigenvalue weighted by atomic mass is 19.2. The second-order valence-electron chi connectivity index (χ2n) is 5.59. The van der Waals surface area contributed by atoms with E-state index in [-0.39, 0.29) is 16.9 Å². The van der Waals surface area contributed by atoms with Crippen LogP contribution < -0.4 is 0 Å². The molecular formula is C14H17F2NO. The summed E-state index contributed by atoms with van der Waals surface area (Å²) >= 11 is 0. The molecule has 98 valence electrons. The van der Waals surface area contributed by atoms with E-state index < -0.39 is 11.6 Å². The van der Waals surface area contributed by atoms with Crippen LogP contribution in [-0.4, -0.2) is 23.9 Å². The molecular weight excluding hydrogens is 236 g/mol. The van der Waals surface area contributed by atoms with Gasteiger partial charge in [-0.3, -0.25) is 4.79 Å². The van der Waals surface area contributed by atoms with Gasteiger partial charge in [-0.15, -0.1) is 0 Å². The summed E-state index contributed by atoms with van der Waals surface area (Å²) in [5.41, 5.74) is 0.471. The van der Waals surface area contributed by atoms with Gasteiger partial charge in [-0.1, -0.05) is 13.8 Å². The molecule has 0 N–H and O–H groups in total. The molecule has 1 aliphatic rings. The Morgan fingerprint density at radius 3 is 2.33 bits per heavy atom. The van der Waals surface area contributed by atoms with Gasteiger partial charge in [0.15, 0.2) is 11.6 Å². The van der Waals surface area contributed by atoms with Crippen LogP contribution in [0.3, 0.4) is 0 Å². The first-order valence-electron chi connectivity index (χ1n) is 6.13. The first-order chi connectivity index (χ1) is 8.39. The van der Waals surface area contributed by atoms with Crippen LogP contribution in [0.5, 0.6) is 0 Å². The third-order valence-corrected chi connectivity index (χ3v) is 3.57. The number of amides is 1. The standard InChI is InChI=1S/C14H17F2NO/c1-14(2)5-7-17(8-6-14)13(18)10-3-4-11(15)12(16)9-10/h3-4,9H,5-8H2,1-2H3. The fourth-order valence-corrected chi connectivity index (χ4v) is 2.13. The average molecular weight is 253 g/mol. The van der Waals surface area contributed by atoms with Crippen LogP contribution in [0.1, 0.15) is 37.0 Å². The molecule has 0 bridgehead atoms. The normalized spacial score (nSPS) is 18.8. The van der Waals surface area contributed by atoms with Gasteiger partial charge in [0.05, 0.1) is 0 Å². The van der Waals surface area contributed by atoms with Gasteiger partial charge in [-0.05, 0) is 36.5 Å². The maximum Gasteiger partial charge on any atom is 0.253 e. The Balaban J connectivity index is 2.10. The zero-order valence-corrected chi connectivity index (χ0v) is 10.7. The van der Waals surface area contributed by atoms with Gasteiger partial charge >= 0.3 is 0 Å². The number of likely N-dealkylation sites (tertiary alicyclic amines) is 1. The summed E-state index contributed by atoms with van der Waals surface area (Å²) in [7, 11) is 0.